The molecule has 1 saturated carbocycles. The summed E-state index contributed by atoms with van der Waals surface area (Å²) in [5.41, 5.74) is 2.57. The zero-order valence-electron chi connectivity index (χ0n) is 10.3. The van der Waals surface area contributed by atoms with Crippen LogP contribution in [-0.2, 0) is 6.42 Å². The van der Waals surface area contributed by atoms with Crippen LogP contribution in [0, 0.1) is 0 Å². The van der Waals surface area contributed by atoms with E-state index in [4.69, 9.17) is 0 Å². The largest absolute Gasteiger partial charge is 0.508 e. The molecule has 0 saturated heterocycles. The summed E-state index contributed by atoms with van der Waals surface area (Å²) in [5, 5.41) is 13.6. The molecule has 1 atom stereocenters. The summed E-state index contributed by atoms with van der Waals surface area (Å²) >= 11 is 0. The van der Waals surface area contributed by atoms with Gasteiger partial charge >= 0.3 is 0 Å². The summed E-state index contributed by atoms with van der Waals surface area (Å²) < 4.78 is 0. The number of benzene rings is 1. The SMILES string of the molecule is Oc1cccc2c1CCCC2CNC1CCC1. The molecule has 1 aromatic carbocycles. The fourth-order valence-corrected chi connectivity index (χ4v) is 3.06. The number of phenolic OH excluding ortho intramolecular Hbond substituents is 1. The molecule has 0 aliphatic heterocycles. The van der Waals surface area contributed by atoms with Crippen LogP contribution >= 0.6 is 0 Å². The lowest BCUT2D eigenvalue weighted by atomic mass is 9.81. The van der Waals surface area contributed by atoms with Gasteiger partial charge in [-0.1, -0.05) is 18.6 Å². The molecule has 0 heterocycles. The molecular formula is C15H21NO. The normalized spacial score (nSPS) is 24.1. The summed E-state index contributed by atoms with van der Waals surface area (Å²) in [6.07, 6.45) is 7.60. The lowest BCUT2D eigenvalue weighted by molar-refractivity contribution is 0.325. The molecule has 2 N–H and O–H groups in total. The van der Waals surface area contributed by atoms with Crippen LogP contribution in [-0.4, -0.2) is 17.7 Å². The van der Waals surface area contributed by atoms with Gasteiger partial charge in [-0.15, -0.1) is 0 Å². The van der Waals surface area contributed by atoms with Crippen molar-refractivity contribution < 1.29 is 5.11 Å². The zero-order valence-corrected chi connectivity index (χ0v) is 10.3. The van der Waals surface area contributed by atoms with E-state index in [9.17, 15) is 5.11 Å². The molecule has 1 unspecified atom stereocenters. The lowest BCUT2D eigenvalue weighted by Gasteiger charge is -2.31. The van der Waals surface area contributed by atoms with Crippen molar-refractivity contribution in [1.82, 2.24) is 5.32 Å². The number of hydrogen-bond acceptors (Lipinski definition) is 2. The Labute approximate surface area is 103 Å². The molecule has 0 spiro atoms. The second kappa shape index (κ2) is 4.69. The maximum absolute atomic E-state index is 9.89. The minimum Gasteiger partial charge on any atom is -0.508 e. The van der Waals surface area contributed by atoms with Crippen LogP contribution in [0.25, 0.3) is 0 Å². The Morgan fingerprint density at radius 1 is 1.18 bits per heavy atom. The average molecular weight is 231 g/mol. The highest BCUT2D eigenvalue weighted by Gasteiger charge is 2.24. The van der Waals surface area contributed by atoms with E-state index in [1.807, 2.05) is 12.1 Å². The van der Waals surface area contributed by atoms with Gasteiger partial charge in [0.2, 0.25) is 0 Å². The number of fused-ring (bicyclic) bond motifs is 1. The first-order chi connectivity index (χ1) is 8.34. The Morgan fingerprint density at radius 3 is 2.82 bits per heavy atom. The van der Waals surface area contributed by atoms with E-state index >= 15 is 0 Å². The van der Waals surface area contributed by atoms with Crippen molar-refractivity contribution in [3.63, 3.8) is 0 Å². The monoisotopic (exact) mass is 231 g/mol. The summed E-state index contributed by atoms with van der Waals surface area (Å²) in [5.74, 6) is 1.10. The highest BCUT2D eigenvalue weighted by Crippen LogP contribution is 2.36. The first-order valence-electron chi connectivity index (χ1n) is 6.89. The van der Waals surface area contributed by atoms with Gasteiger partial charge in [-0.05, 0) is 55.2 Å². The first kappa shape index (κ1) is 11.1. The zero-order chi connectivity index (χ0) is 11.7. The van der Waals surface area contributed by atoms with E-state index in [1.165, 1.54) is 43.2 Å². The van der Waals surface area contributed by atoms with Crippen LogP contribution in [0.4, 0.5) is 0 Å². The minimum absolute atomic E-state index is 0.496. The Balaban J connectivity index is 1.72. The van der Waals surface area contributed by atoms with Gasteiger partial charge in [-0.2, -0.15) is 0 Å². The molecule has 2 aliphatic rings. The fraction of sp³-hybridized carbons (Fsp3) is 0.600. The minimum atomic E-state index is 0.496. The van der Waals surface area contributed by atoms with Crippen molar-refractivity contribution in [3.05, 3.63) is 29.3 Å². The van der Waals surface area contributed by atoms with E-state index in [-0.39, 0.29) is 0 Å². The number of nitrogens with one attached hydrogen (secondary N) is 1. The maximum Gasteiger partial charge on any atom is 0.119 e. The van der Waals surface area contributed by atoms with Crippen LogP contribution in [0.2, 0.25) is 0 Å². The molecule has 92 valence electrons. The van der Waals surface area contributed by atoms with Crippen LogP contribution in [0.15, 0.2) is 18.2 Å². The highest BCUT2D eigenvalue weighted by atomic mass is 16.3. The van der Waals surface area contributed by atoms with Gasteiger partial charge in [-0.3, -0.25) is 0 Å². The van der Waals surface area contributed by atoms with Gasteiger partial charge in [0.1, 0.15) is 5.75 Å². The smallest absolute Gasteiger partial charge is 0.119 e. The van der Waals surface area contributed by atoms with Crippen LogP contribution < -0.4 is 5.32 Å². The molecule has 0 aromatic heterocycles. The van der Waals surface area contributed by atoms with E-state index in [0.29, 0.717) is 11.7 Å². The van der Waals surface area contributed by atoms with E-state index in [0.717, 1.165) is 19.0 Å². The van der Waals surface area contributed by atoms with Gasteiger partial charge in [0.15, 0.2) is 0 Å². The molecule has 0 bridgehead atoms. The third-order valence-electron chi connectivity index (χ3n) is 4.36. The molecule has 2 heteroatoms. The van der Waals surface area contributed by atoms with Crippen molar-refractivity contribution in [3.8, 4) is 5.75 Å². The summed E-state index contributed by atoms with van der Waals surface area (Å²) in [6.45, 7) is 1.08. The molecule has 17 heavy (non-hydrogen) atoms. The Hall–Kier alpha value is -1.02. The van der Waals surface area contributed by atoms with Crippen molar-refractivity contribution >= 4 is 0 Å². The highest BCUT2D eigenvalue weighted by molar-refractivity contribution is 5.42. The molecule has 1 aromatic rings. The Kier molecular flexibility index (Phi) is 3.06. The quantitative estimate of drug-likeness (QED) is 0.838. The van der Waals surface area contributed by atoms with Gasteiger partial charge in [-0.25, -0.2) is 0 Å². The molecule has 2 aliphatic carbocycles. The van der Waals surface area contributed by atoms with Crippen molar-refractivity contribution in [2.75, 3.05) is 6.54 Å². The van der Waals surface area contributed by atoms with E-state index in [1.54, 1.807) is 0 Å². The predicted molar refractivity (Wildman–Crippen MR) is 69.4 cm³/mol. The second-order valence-corrected chi connectivity index (χ2v) is 5.47. The second-order valence-electron chi connectivity index (χ2n) is 5.47. The number of rotatable bonds is 3. The number of aromatic hydroxyl groups is 1. The standard InChI is InChI=1S/C15H21NO/c17-15-9-3-7-13-11(4-1-8-14(13)15)10-16-12-5-2-6-12/h3,7,9,11-12,16-17H,1-2,4-6,8,10H2. The van der Waals surface area contributed by atoms with Gasteiger partial charge in [0, 0.05) is 12.6 Å². The summed E-state index contributed by atoms with van der Waals surface area (Å²) in [7, 11) is 0. The van der Waals surface area contributed by atoms with E-state index in [2.05, 4.69) is 11.4 Å². The fourth-order valence-electron chi connectivity index (χ4n) is 3.06. The Morgan fingerprint density at radius 2 is 2.06 bits per heavy atom. The summed E-state index contributed by atoms with van der Waals surface area (Å²) in [4.78, 5) is 0. The topological polar surface area (TPSA) is 32.3 Å². The third kappa shape index (κ3) is 2.19. The third-order valence-corrected chi connectivity index (χ3v) is 4.36. The number of phenols is 1. The lowest BCUT2D eigenvalue weighted by Crippen LogP contribution is -2.38. The predicted octanol–water partition coefficient (Wildman–Crippen LogP) is 2.95. The van der Waals surface area contributed by atoms with Crippen molar-refractivity contribution in [2.45, 2.75) is 50.5 Å². The van der Waals surface area contributed by atoms with Crippen LogP contribution in [0.3, 0.4) is 0 Å². The van der Waals surface area contributed by atoms with Gasteiger partial charge in [0.05, 0.1) is 0 Å². The molecular weight excluding hydrogens is 210 g/mol. The van der Waals surface area contributed by atoms with Crippen molar-refractivity contribution in [1.29, 1.82) is 0 Å². The number of hydrogen-bond donors (Lipinski definition) is 2. The van der Waals surface area contributed by atoms with Gasteiger partial charge in [0.25, 0.3) is 0 Å². The average Bonchev–Trinajstić information content (AvgIpc) is 2.28. The van der Waals surface area contributed by atoms with Gasteiger partial charge < -0.3 is 10.4 Å². The molecule has 2 nitrogen and oxygen atoms in total. The van der Waals surface area contributed by atoms with Crippen LogP contribution in [0.1, 0.15) is 49.1 Å². The maximum atomic E-state index is 9.89. The summed E-state index contributed by atoms with van der Waals surface area (Å²) in [6, 6.07) is 6.76. The Bertz CT molecular complexity index is 398. The molecule has 0 radical (unpaired) electrons. The molecule has 1 fully saturated rings. The van der Waals surface area contributed by atoms with Crippen LogP contribution in [0.5, 0.6) is 5.75 Å². The van der Waals surface area contributed by atoms with Crippen molar-refractivity contribution in [2.24, 2.45) is 0 Å². The van der Waals surface area contributed by atoms with E-state index < -0.39 is 0 Å². The molecule has 0 amide bonds. The molecule has 3 rings (SSSR count). The first-order valence-corrected chi connectivity index (χ1v) is 6.89.